The Bertz CT molecular complexity index is 148. The summed E-state index contributed by atoms with van der Waals surface area (Å²) >= 11 is 0. The van der Waals surface area contributed by atoms with E-state index in [4.69, 9.17) is 10.8 Å². The minimum Gasteiger partial charge on any atom is -0.396 e. The number of hydrogen-bond donors (Lipinski definition) is 2. The molecule has 3 N–H and O–H groups in total. The maximum absolute atomic E-state index is 8.71. The van der Waals surface area contributed by atoms with Gasteiger partial charge in [-0.05, 0) is 39.2 Å². The van der Waals surface area contributed by atoms with E-state index in [-0.39, 0.29) is 12.6 Å². The van der Waals surface area contributed by atoms with Crippen molar-refractivity contribution in [3.05, 3.63) is 0 Å². The van der Waals surface area contributed by atoms with Crippen LogP contribution in [0.5, 0.6) is 0 Å². The summed E-state index contributed by atoms with van der Waals surface area (Å²) in [6.45, 7) is 3.37. The van der Waals surface area contributed by atoms with Gasteiger partial charge in [0.05, 0.1) is 0 Å². The average molecular weight is 186 g/mol. The van der Waals surface area contributed by atoms with Crippen LogP contribution >= 0.6 is 0 Å². The van der Waals surface area contributed by atoms with Crippen LogP contribution in [0.4, 0.5) is 0 Å². The molecule has 0 radical (unpaired) electrons. The minimum absolute atomic E-state index is 0.121. The number of rotatable bonds is 6. The van der Waals surface area contributed by atoms with E-state index in [2.05, 4.69) is 18.9 Å². The van der Waals surface area contributed by atoms with Gasteiger partial charge in [-0.1, -0.05) is 0 Å². The second kappa shape index (κ2) is 4.94. The summed E-state index contributed by atoms with van der Waals surface area (Å²) in [5.74, 6) is 0.895. The Labute approximate surface area is 80.9 Å². The lowest BCUT2D eigenvalue weighted by molar-refractivity contribution is 0.202. The molecular formula is C10H22N2O. The van der Waals surface area contributed by atoms with E-state index in [0.29, 0.717) is 12.5 Å². The second-order valence-electron chi connectivity index (χ2n) is 4.29. The molecule has 1 aliphatic rings. The molecule has 2 atom stereocenters. The molecule has 13 heavy (non-hydrogen) atoms. The van der Waals surface area contributed by atoms with Crippen LogP contribution in [0.25, 0.3) is 0 Å². The molecule has 0 spiro atoms. The van der Waals surface area contributed by atoms with Gasteiger partial charge in [-0.25, -0.2) is 0 Å². The molecule has 78 valence electrons. The predicted molar refractivity (Wildman–Crippen MR) is 54.5 cm³/mol. The fourth-order valence-electron chi connectivity index (χ4n) is 1.73. The molecule has 3 nitrogen and oxygen atoms in total. The van der Waals surface area contributed by atoms with Crippen molar-refractivity contribution in [3.63, 3.8) is 0 Å². The Kier molecular flexibility index (Phi) is 4.16. The molecular weight excluding hydrogens is 164 g/mol. The van der Waals surface area contributed by atoms with Crippen LogP contribution in [0.2, 0.25) is 0 Å². The molecule has 0 amide bonds. The third-order valence-electron chi connectivity index (χ3n) is 3.02. The molecule has 3 heteroatoms. The van der Waals surface area contributed by atoms with Gasteiger partial charge in [-0.15, -0.1) is 0 Å². The van der Waals surface area contributed by atoms with Gasteiger partial charge in [0.15, 0.2) is 0 Å². The Balaban J connectivity index is 2.18. The van der Waals surface area contributed by atoms with Gasteiger partial charge in [0.2, 0.25) is 0 Å². The van der Waals surface area contributed by atoms with Gasteiger partial charge in [-0.2, -0.15) is 0 Å². The first-order chi connectivity index (χ1) is 6.15. The Hall–Kier alpha value is -0.120. The standard InChI is InChI=1S/C10H22N2O/c1-8(9-3-4-9)12(2)7-10(11)5-6-13/h8-10,13H,3-7,11H2,1-2H3. The monoisotopic (exact) mass is 186 g/mol. The number of aliphatic hydroxyl groups is 1. The van der Waals surface area contributed by atoms with Gasteiger partial charge in [0, 0.05) is 25.2 Å². The van der Waals surface area contributed by atoms with Crippen LogP contribution in [-0.2, 0) is 0 Å². The molecule has 0 aromatic rings. The van der Waals surface area contributed by atoms with Crippen LogP contribution in [0, 0.1) is 5.92 Å². The summed E-state index contributed by atoms with van der Waals surface area (Å²) < 4.78 is 0. The van der Waals surface area contributed by atoms with E-state index in [1.807, 2.05) is 0 Å². The highest BCUT2D eigenvalue weighted by atomic mass is 16.3. The van der Waals surface area contributed by atoms with Gasteiger partial charge < -0.3 is 15.7 Å². The van der Waals surface area contributed by atoms with Crippen molar-refractivity contribution in [3.8, 4) is 0 Å². The van der Waals surface area contributed by atoms with E-state index < -0.39 is 0 Å². The van der Waals surface area contributed by atoms with E-state index in [0.717, 1.165) is 12.5 Å². The second-order valence-corrected chi connectivity index (χ2v) is 4.29. The first kappa shape index (κ1) is 11.0. The highest BCUT2D eigenvalue weighted by Crippen LogP contribution is 2.34. The Morgan fingerprint density at radius 3 is 2.62 bits per heavy atom. The van der Waals surface area contributed by atoms with E-state index >= 15 is 0 Å². The lowest BCUT2D eigenvalue weighted by Crippen LogP contribution is -2.41. The molecule has 0 heterocycles. The van der Waals surface area contributed by atoms with Gasteiger partial charge in [0.25, 0.3) is 0 Å². The molecule has 0 aliphatic heterocycles. The highest BCUT2D eigenvalue weighted by molar-refractivity contribution is 4.85. The van der Waals surface area contributed by atoms with Crippen molar-refractivity contribution < 1.29 is 5.11 Å². The summed E-state index contributed by atoms with van der Waals surface area (Å²) in [4.78, 5) is 2.32. The number of nitrogens with zero attached hydrogens (tertiary/aromatic N) is 1. The van der Waals surface area contributed by atoms with Crippen LogP contribution in [-0.4, -0.2) is 42.3 Å². The maximum Gasteiger partial charge on any atom is 0.0446 e. The fourth-order valence-corrected chi connectivity index (χ4v) is 1.73. The first-order valence-electron chi connectivity index (χ1n) is 5.21. The maximum atomic E-state index is 8.71. The summed E-state index contributed by atoms with van der Waals surface area (Å²) in [5, 5.41) is 8.71. The molecule has 0 aromatic carbocycles. The van der Waals surface area contributed by atoms with Crippen LogP contribution < -0.4 is 5.73 Å². The zero-order valence-corrected chi connectivity index (χ0v) is 8.74. The lowest BCUT2D eigenvalue weighted by atomic mass is 10.1. The smallest absolute Gasteiger partial charge is 0.0446 e. The molecule has 1 fully saturated rings. The first-order valence-corrected chi connectivity index (χ1v) is 5.21. The number of hydrogen-bond acceptors (Lipinski definition) is 3. The van der Waals surface area contributed by atoms with Crippen molar-refractivity contribution in [2.45, 2.75) is 38.3 Å². The summed E-state index contributed by atoms with van der Waals surface area (Å²) in [7, 11) is 2.13. The molecule has 1 saturated carbocycles. The third kappa shape index (κ3) is 3.63. The summed E-state index contributed by atoms with van der Waals surface area (Å²) in [5.41, 5.74) is 5.84. The third-order valence-corrected chi connectivity index (χ3v) is 3.02. The van der Waals surface area contributed by atoms with Crippen LogP contribution in [0.3, 0.4) is 0 Å². The molecule has 1 rings (SSSR count). The van der Waals surface area contributed by atoms with E-state index in [1.165, 1.54) is 12.8 Å². The van der Waals surface area contributed by atoms with Crippen molar-refractivity contribution in [2.24, 2.45) is 11.7 Å². The van der Waals surface area contributed by atoms with Crippen molar-refractivity contribution in [1.82, 2.24) is 4.90 Å². The molecule has 2 unspecified atom stereocenters. The zero-order valence-electron chi connectivity index (χ0n) is 8.74. The number of aliphatic hydroxyl groups excluding tert-OH is 1. The topological polar surface area (TPSA) is 49.5 Å². The summed E-state index contributed by atoms with van der Waals surface area (Å²) in [6, 6.07) is 0.779. The van der Waals surface area contributed by atoms with Gasteiger partial charge in [0.1, 0.15) is 0 Å². The average Bonchev–Trinajstić information content (AvgIpc) is 2.85. The number of nitrogens with two attached hydrogens (primary N) is 1. The molecule has 0 bridgehead atoms. The quantitative estimate of drug-likeness (QED) is 0.632. The fraction of sp³-hybridized carbons (Fsp3) is 1.00. The summed E-state index contributed by atoms with van der Waals surface area (Å²) in [6.07, 6.45) is 3.46. The predicted octanol–water partition coefficient (Wildman–Crippen LogP) is 0.426. The van der Waals surface area contributed by atoms with Crippen LogP contribution in [0.1, 0.15) is 26.2 Å². The Morgan fingerprint density at radius 2 is 2.15 bits per heavy atom. The van der Waals surface area contributed by atoms with E-state index in [9.17, 15) is 0 Å². The number of likely N-dealkylation sites (N-methyl/N-ethyl adjacent to an activating group) is 1. The lowest BCUT2D eigenvalue weighted by Gasteiger charge is -2.27. The van der Waals surface area contributed by atoms with Gasteiger partial charge in [-0.3, -0.25) is 0 Å². The highest BCUT2D eigenvalue weighted by Gasteiger charge is 2.30. The molecule has 0 saturated heterocycles. The van der Waals surface area contributed by atoms with E-state index in [1.54, 1.807) is 0 Å². The molecule has 0 aromatic heterocycles. The molecule has 1 aliphatic carbocycles. The largest absolute Gasteiger partial charge is 0.396 e. The minimum atomic E-state index is 0.121. The van der Waals surface area contributed by atoms with Crippen molar-refractivity contribution >= 4 is 0 Å². The van der Waals surface area contributed by atoms with Crippen molar-refractivity contribution in [1.29, 1.82) is 0 Å². The van der Waals surface area contributed by atoms with Crippen LogP contribution in [0.15, 0.2) is 0 Å². The van der Waals surface area contributed by atoms with Gasteiger partial charge >= 0.3 is 0 Å². The normalized spacial score (nSPS) is 21.9. The zero-order chi connectivity index (χ0) is 9.84. The van der Waals surface area contributed by atoms with Crippen molar-refractivity contribution in [2.75, 3.05) is 20.2 Å². The SMILES string of the molecule is CC(C1CC1)N(C)CC(N)CCO. The Morgan fingerprint density at radius 1 is 1.54 bits per heavy atom.